The Morgan fingerprint density at radius 1 is 1.50 bits per heavy atom. The number of anilines is 1. The number of carbonyl (C=O) groups is 1. The number of nitriles is 1. The van der Waals surface area contributed by atoms with Gasteiger partial charge in [0, 0.05) is 5.69 Å². The summed E-state index contributed by atoms with van der Waals surface area (Å²) >= 11 is 0. The molecule has 1 aromatic rings. The predicted octanol–water partition coefficient (Wildman–Crippen LogP) is 2.18. The van der Waals surface area contributed by atoms with E-state index >= 15 is 0 Å². The number of carbonyl (C=O) groups excluding carboxylic acids is 1. The van der Waals surface area contributed by atoms with E-state index in [0.717, 1.165) is 5.75 Å². The summed E-state index contributed by atoms with van der Waals surface area (Å²) in [5.74, 6) is -0.136. The Kier molecular flexibility index (Phi) is 4.34. The van der Waals surface area contributed by atoms with Gasteiger partial charge >= 0.3 is 0 Å². The minimum Gasteiger partial charge on any atom is -0.497 e. The standard InChI is InChI=1S/C12H14N2O2/c1-3-9(8-13)12(15)14-10-4-6-11(16-2)7-5-10/h4-7,9H,3H2,1-2H3,(H,14,15). The van der Waals surface area contributed by atoms with Crippen LogP contribution >= 0.6 is 0 Å². The van der Waals surface area contributed by atoms with Gasteiger partial charge in [-0.25, -0.2) is 0 Å². The molecular weight excluding hydrogens is 204 g/mol. The van der Waals surface area contributed by atoms with Crippen molar-refractivity contribution in [2.75, 3.05) is 12.4 Å². The Morgan fingerprint density at radius 3 is 2.56 bits per heavy atom. The van der Waals surface area contributed by atoms with E-state index in [0.29, 0.717) is 12.1 Å². The average molecular weight is 218 g/mol. The van der Waals surface area contributed by atoms with Gasteiger partial charge in [-0.3, -0.25) is 4.79 Å². The first kappa shape index (κ1) is 12.1. The van der Waals surface area contributed by atoms with Gasteiger partial charge in [-0.1, -0.05) is 6.92 Å². The summed E-state index contributed by atoms with van der Waals surface area (Å²) in [5.41, 5.74) is 0.666. The smallest absolute Gasteiger partial charge is 0.241 e. The van der Waals surface area contributed by atoms with Gasteiger partial charge in [0.25, 0.3) is 0 Å². The van der Waals surface area contributed by atoms with E-state index in [1.54, 1.807) is 31.4 Å². The van der Waals surface area contributed by atoms with Gasteiger partial charge in [0.05, 0.1) is 13.2 Å². The number of amides is 1. The van der Waals surface area contributed by atoms with Crippen molar-refractivity contribution in [3.8, 4) is 11.8 Å². The molecule has 0 saturated heterocycles. The zero-order chi connectivity index (χ0) is 12.0. The van der Waals surface area contributed by atoms with E-state index < -0.39 is 5.92 Å². The van der Waals surface area contributed by atoms with Gasteiger partial charge in [-0.05, 0) is 30.7 Å². The molecule has 16 heavy (non-hydrogen) atoms. The molecule has 0 radical (unpaired) electrons. The normalized spacial score (nSPS) is 11.3. The number of hydrogen-bond acceptors (Lipinski definition) is 3. The number of hydrogen-bond donors (Lipinski definition) is 1. The highest BCUT2D eigenvalue weighted by Crippen LogP contribution is 2.16. The Balaban J connectivity index is 2.66. The number of nitrogens with zero attached hydrogens (tertiary/aromatic N) is 1. The van der Waals surface area contributed by atoms with E-state index in [9.17, 15) is 4.79 Å². The highest BCUT2D eigenvalue weighted by atomic mass is 16.5. The molecular formula is C12H14N2O2. The van der Waals surface area contributed by atoms with E-state index in [1.165, 1.54) is 0 Å². The predicted molar refractivity (Wildman–Crippen MR) is 61.0 cm³/mol. The van der Waals surface area contributed by atoms with Crippen molar-refractivity contribution in [3.05, 3.63) is 24.3 Å². The van der Waals surface area contributed by atoms with Gasteiger partial charge in [0.15, 0.2) is 0 Å². The lowest BCUT2D eigenvalue weighted by atomic mass is 10.1. The van der Waals surface area contributed by atoms with Gasteiger partial charge in [-0.15, -0.1) is 0 Å². The molecule has 0 fully saturated rings. The lowest BCUT2D eigenvalue weighted by molar-refractivity contribution is -0.118. The molecule has 4 nitrogen and oxygen atoms in total. The monoisotopic (exact) mass is 218 g/mol. The first-order chi connectivity index (χ1) is 7.71. The van der Waals surface area contributed by atoms with Crippen LogP contribution in [0.4, 0.5) is 5.69 Å². The van der Waals surface area contributed by atoms with Crippen LogP contribution in [-0.2, 0) is 4.79 Å². The third-order valence-corrected chi connectivity index (χ3v) is 2.24. The fourth-order valence-corrected chi connectivity index (χ4v) is 1.24. The molecule has 0 aromatic heterocycles. The van der Waals surface area contributed by atoms with E-state index in [2.05, 4.69) is 5.32 Å². The van der Waals surface area contributed by atoms with Gasteiger partial charge in [0.2, 0.25) is 5.91 Å². The fraction of sp³-hybridized carbons (Fsp3) is 0.333. The summed E-state index contributed by atoms with van der Waals surface area (Å²) in [6, 6.07) is 8.94. The van der Waals surface area contributed by atoms with Crippen LogP contribution in [0, 0.1) is 17.2 Å². The molecule has 0 aliphatic heterocycles. The molecule has 1 unspecified atom stereocenters. The lowest BCUT2D eigenvalue weighted by Gasteiger charge is -2.08. The van der Waals surface area contributed by atoms with Crippen molar-refractivity contribution in [1.29, 1.82) is 5.26 Å². The van der Waals surface area contributed by atoms with Crippen molar-refractivity contribution < 1.29 is 9.53 Å². The van der Waals surface area contributed by atoms with Crippen LogP contribution in [0.5, 0.6) is 5.75 Å². The SMILES string of the molecule is CCC(C#N)C(=O)Nc1ccc(OC)cc1. The fourth-order valence-electron chi connectivity index (χ4n) is 1.24. The molecule has 1 amide bonds. The van der Waals surface area contributed by atoms with E-state index in [1.807, 2.05) is 13.0 Å². The molecule has 84 valence electrons. The number of rotatable bonds is 4. The summed E-state index contributed by atoms with van der Waals surface area (Å²) in [4.78, 5) is 11.6. The molecule has 0 aliphatic rings. The highest BCUT2D eigenvalue weighted by molar-refractivity contribution is 5.94. The zero-order valence-electron chi connectivity index (χ0n) is 9.36. The first-order valence-corrected chi connectivity index (χ1v) is 5.05. The van der Waals surface area contributed by atoms with Crippen LogP contribution in [0.3, 0.4) is 0 Å². The van der Waals surface area contributed by atoms with Crippen LogP contribution in [0.2, 0.25) is 0 Å². The summed E-state index contributed by atoms with van der Waals surface area (Å²) in [6.45, 7) is 1.81. The maximum Gasteiger partial charge on any atom is 0.241 e. The molecule has 1 atom stereocenters. The minimum atomic E-state index is -0.595. The summed E-state index contributed by atoms with van der Waals surface area (Å²) < 4.78 is 5.00. The maximum absolute atomic E-state index is 11.6. The molecule has 0 heterocycles. The number of ether oxygens (including phenoxy) is 1. The minimum absolute atomic E-state index is 0.268. The third kappa shape index (κ3) is 2.99. The summed E-state index contributed by atoms with van der Waals surface area (Å²) in [7, 11) is 1.58. The number of methoxy groups -OCH3 is 1. The van der Waals surface area contributed by atoms with E-state index in [-0.39, 0.29) is 5.91 Å². The summed E-state index contributed by atoms with van der Waals surface area (Å²) in [6.07, 6.45) is 0.512. The van der Waals surface area contributed by atoms with Crippen molar-refractivity contribution >= 4 is 11.6 Å². The number of nitrogens with one attached hydrogen (secondary N) is 1. The Hall–Kier alpha value is -2.02. The molecule has 1 rings (SSSR count). The quantitative estimate of drug-likeness (QED) is 0.842. The highest BCUT2D eigenvalue weighted by Gasteiger charge is 2.15. The van der Waals surface area contributed by atoms with E-state index in [4.69, 9.17) is 10.00 Å². The lowest BCUT2D eigenvalue weighted by Crippen LogP contribution is -2.20. The van der Waals surface area contributed by atoms with Gasteiger partial charge in [-0.2, -0.15) is 5.26 Å². The molecule has 1 aromatic carbocycles. The van der Waals surface area contributed by atoms with Crippen LogP contribution < -0.4 is 10.1 Å². The first-order valence-electron chi connectivity index (χ1n) is 5.05. The second kappa shape index (κ2) is 5.76. The Morgan fingerprint density at radius 2 is 2.12 bits per heavy atom. The maximum atomic E-state index is 11.6. The third-order valence-electron chi connectivity index (χ3n) is 2.24. The van der Waals surface area contributed by atoms with Crippen LogP contribution in [0.15, 0.2) is 24.3 Å². The Labute approximate surface area is 94.8 Å². The van der Waals surface area contributed by atoms with Crippen LogP contribution in [0.25, 0.3) is 0 Å². The largest absolute Gasteiger partial charge is 0.497 e. The van der Waals surface area contributed by atoms with Crippen molar-refractivity contribution in [1.82, 2.24) is 0 Å². The van der Waals surface area contributed by atoms with Crippen molar-refractivity contribution in [3.63, 3.8) is 0 Å². The molecule has 0 aliphatic carbocycles. The number of benzene rings is 1. The van der Waals surface area contributed by atoms with Crippen molar-refractivity contribution in [2.45, 2.75) is 13.3 Å². The Bertz CT molecular complexity index is 392. The average Bonchev–Trinajstić information content (AvgIpc) is 2.31. The molecule has 0 bridgehead atoms. The molecule has 0 saturated carbocycles. The van der Waals surface area contributed by atoms with Gasteiger partial charge in [0.1, 0.15) is 11.7 Å². The second-order valence-electron chi connectivity index (χ2n) is 3.31. The summed E-state index contributed by atoms with van der Waals surface area (Å²) in [5, 5.41) is 11.4. The van der Waals surface area contributed by atoms with Crippen LogP contribution in [0.1, 0.15) is 13.3 Å². The van der Waals surface area contributed by atoms with Crippen LogP contribution in [-0.4, -0.2) is 13.0 Å². The van der Waals surface area contributed by atoms with Crippen molar-refractivity contribution in [2.24, 2.45) is 5.92 Å². The molecule has 1 N–H and O–H groups in total. The molecule has 4 heteroatoms. The second-order valence-corrected chi connectivity index (χ2v) is 3.31. The molecule has 0 spiro atoms. The zero-order valence-corrected chi connectivity index (χ0v) is 9.36. The van der Waals surface area contributed by atoms with Gasteiger partial charge < -0.3 is 10.1 Å². The topological polar surface area (TPSA) is 62.1 Å².